The van der Waals surface area contributed by atoms with Crippen molar-refractivity contribution < 1.29 is 14.3 Å². The number of nitrogens with one attached hydrogen (secondary N) is 2. The summed E-state index contributed by atoms with van der Waals surface area (Å²) < 4.78 is 5.19. The van der Waals surface area contributed by atoms with E-state index in [1.54, 1.807) is 4.90 Å². The largest absolute Gasteiger partial charge is 0.378 e. The van der Waals surface area contributed by atoms with Crippen molar-refractivity contribution >= 4 is 23.6 Å². The Hall–Kier alpha value is -0.790. The first-order valence-corrected chi connectivity index (χ1v) is 8.30. The van der Waals surface area contributed by atoms with Crippen molar-refractivity contribution in [2.24, 2.45) is 0 Å². The summed E-state index contributed by atoms with van der Waals surface area (Å²) in [7, 11) is 0. The number of carbonyl (C=O) groups is 2. The zero-order valence-corrected chi connectivity index (χ0v) is 13.0. The standard InChI is InChI=1S/C13H25N3O3S/c1-2-3-14-4-5-15-12(17)10-20-11-13(18)16-6-8-19-9-7-16/h14H,2-11H2,1H3,(H,15,17). The first-order valence-electron chi connectivity index (χ1n) is 7.14. The normalized spacial score (nSPS) is 15.2. The maximum absolute atomic E-state index is 11.8. The minimum absolute atomic E-state index is 0.0110. The van der Waals surface area contributed by atoms with Gasteiger partial charge in [0.05, 0.1) is 24.7 Å². The summed E-state index contributed by atoms with van der Waals surface area (Å²) in [5.74, 6) is 0.782. The number of nitrogens with zero attached hydrogens (tertiary/aromatic N) is 1. The third-order valence-electron chi connectivity index (χ3n) is 2.87. The van der Waals surface area contributed by atoms with E-state index in [0.29, 0.717) is 44.4 Å². The lowest BCUT2D eigenvalue weighted by molar-refractivity contribution is -0.132. The zero-order chi connectivity index (χ0) is 14.6. The lowest BCUT2D eigenvalue weighted by Crippen LogP contribution is -2.41. The van der Waals surface area contributed by atoms with E-state index in [9.17, 15) is 9.59 Å². The molecule has 0 spiro atoms. The Kier molecular flexibility index (Phi) is 9.44. The van der Waals surface area contributed by atoms with Crippen LogP contribution in [0, 0.1) is 0 Å². The van der Waals surface area contributed by atoms with Gasteiger partial charge in [-0.15, -0.1) is 11.8 Å². The van der Waals surface area contributed by atoms with Crippen molar-refractivity contribution in [2.45, 2.75) is 13.3 Å². The van der Waals surface area contributed by atoms with E-state index in [0.717, 1.165) is 19.5 Å². The molecule has 116 valence electrons. The Morgan fingerprint density at radius 1 is 1.15 bits per heavy atom. The average Bonchev–Trinajstić information content (AvgIpc) is 2.48. The van der Waals surface area contributed by atoms with Crippen LogP contribution in [-0.2, 0) is 14.3 Å². The Balaban J connectivity index is 1.99. The monoisotopic (exact) mass is 303 g/mol. The van der Waals surface area contributed by atoms with Crippen LogP contribution >= 0.6 is 11.8 Å². The van der Waals surface area contributed by atoms with E-state index in [-0.39, 0.29) is 11.8 Å². The molecule has 0 aromatic heterocycles. The summed E-state index contributed by atoms with van der Waals surface area (Å²) in [5.41, 5.74) is 0. The van der Waals surface area contributed by atoms with Gasteiger partial charge in [-0.3, -0.25) is 9.59 Å². The van der Waals surface area contributed by atoms with Gasteiger partial charge >= 0.3 is 0 Å². The quantitative estimate of drug-likeness (QED) is 0.572. The van der Waals surface area contributed by atoms with E-state index >= 15 is 0 Å². The third kappa shape index (κ3) is 7.72. The molecule has 7 heteroatoms. The molecule has 0 aromatic rings. The van der Waals surface area contributed by atoms with Crippen molar-refractivity contribution in [3.05, 3.63) is 0 Å². The first-order chi connectivity index (χ1) is 9.74. The van der Waals surface area contributed by atoms with E-state index in [2.05, 4.69) is 17.6 Å². The number of morpholine rings is 1. The van der Waals surface area contributed by atoms with Gasteiger partial charge in [0, 0.05) is 26.2 Å². The fraction of sp³-hybridized carbons (Fsp3) is 0.846. The van der Waals surface area contributed by atoms with Crippen LogP contribution in [0.25, 0.3) is 0 Å². The van der Waals surface area contributed by atoms with Crippen molar-refractivity contribution in [1.29, 1.82) is 0 Å². The summed E-state index contributed by atoms with van der Waals surface area (Å²) in [5, 5.41) is 6.04. The van der Waals surface area contributed by atoms with Gasteiger partial charge in [0.2, 0.25) is 11.8 Å². The van der Waals surface area contributed by atoms with Crippen LogP contribution in [0.2, 0.25) is 0 Å². The van der Waals surface area contributed by atoms with Crippen molar-refractivity contribution in [3.63, 3.8) is 0 Å². The topological polar surface area (TPSA) is 70.7 Å². The highest BCUT2D eigenvalue weighted by atomic mass is 32.2. The molecule has 0 aromatic carbocycles. The SMILES string of the molecule is CCCNCCNC(=O)CSCC(=O)N1CCOCC1. The molecule has 1 aliphatic rings. The molecule has 2 N–H and O–H groups in total. The van der Waals surface area contributed by atoms with Gasteiger partial charge < -0.3 is 20.3 Å². The van der Waals surface area contributed by atoms with Gasteiger partial charge in [0.25, 0.3) is 0 Å². The average molecular weight is 303 g/mol. The molecule has 1 rings (SSSR count). The minimum Gasteiger partial charge on any atom is -0.378 e. The molecular weight excluding hydrogens is 278 g/mol. The molecule has 1 aliphatic heterocycles. The fourth-order valence-electron chi connectivity index (χ4n) is 1.78. The number of amides is 2. The van der Waals surface area contributed by atoms with Crippen LogP contribution in [0.5, 0.6) is 0 Å². The van der Waals surface area contributed by atoms with Crippen LogP contribution in [0.4, 0.5) is 0 Å². The first kappa shape index (κ1) is 17.3. The maximum atomic E-state index is 11.8. The van der Waals surface area contributed by atoms with Crippen molar-refractivity contribution in [2.75, 3.05) is 57.4 Å². The van der Waals surface area contributed by atoms with Crippen LogP contribution in [0.15, 0.2) is 0 Å². The second-order valence-electron chi connectivity index (χ2n) is 4.59. The number of hydrogen-bond donors (Lipinski definition) is 2. The molecule has 1 fully saturated rings. The molecule has 0 atom stereocenters. The van der Waals surface area contributed by atoms with Crippen LogP contribution in [-0.4, -0.2) is 74.2 Å². The molecule has 0 radical (unpaired) electrons. The van der Waals surface area contributed by atoms with Crippen LogP contribution < -0.4 is 10.6 Å². The molecular formula is C13H25N3O3S. The number of ether oxygens (including phenoxy) is 1. The maximum Gasteiger partial charge on any atom is 0.232 e. The lowest BCUT2D eigenvalue weighted by Gasteiger charge is -2.26. The molecule has 6 nitrogen and oxygen atoms in total. The van der Waals surface area contributed by atoms with Crippen molar-refractivity contribution in [3.8, 4) is 0 Å². The highest BCUT2D eigenvalue weighted by Crippen LogP contribution is 2.04. The fourth-order valence-corrected chi connectivity index (χ4v) is 2.52. The second-order valence-corrected chi connectivity index (χ2v) is 5.57. The number of thioether (sulfide) groups is 1. The van der Waals surface area contributed by atoms with E-state index in [1.807, 2.05) is 0 Å². The highest BCUT2D eigenvalue weighted by Gasteiger charge is 2.16. The molecule has 0 saturated carbocycles. The summed E-state index contributed by atoms with van der Waals surface area (Å²) in [6.07, 6.45) is 1.09. The Bertz CT molecular complexity index is 297. The summed E-state index contributed by atoms with van der Waals surface area (Å²) in [4.78, 5) is 25.1. The van der Waals surface area contributed by atoms with Gasteiger partial charge in [-0.2, -0.15) is 0 Å². The van der Waals surface area contributed by atoms with Crippen LogP contribution in [0.1, 0.15) is 13.3 Å². The Morgan fingerprint density at radius 2 is 1.90 bits per heavy atom. The van der Waals surface area contributed by atoms with Gasteiger partial charge in [-0.05, 0) is 13.0 Å². The smallest absolute Gasteiger partial charge is 0.232 e. The summed E-state index contributed by atoms with van der Waals surface area (Å²) in [6, 6.07) is 0. The molecule has 0 bridgehead atoms. The lowest BCUT2D eigenvalue weighted by atomic mass is 10.4. The van der Waals surface area contributed by atoms with Gasteiger partial charge in [-0.1, -0.05) is 6.92 Å². The third-order valence-corrected chi connectivity index (χ3v) is 3.79. The Labute approximate surface area is 125 Å². The molecule has 2 amide bonds. The molecule has 20 heavy (non-hydrogen) atoms. The number of rotatable bonds is 9. The zero-order valence-electron chi connectivity index (χ0n) is 12.2. The summed E-state index contributed by atoms with van der Waals surface area (Å²) in [6.45, 7) is 7.05. The Morgan fingerprint density at radius 3 is 2.60 bits per heavy atom. The number of carbonyl (C=O) groups excluding carboxylic acids is 2. The minimum atomic E-state index is -0.0110. The molecule has 1 saturated heterocycles. The van der Waals surface area contributed by atoms with Crippen LogP contribution in [0.3, 0.4) is 0 Å². The molecule has 1 heterocycles. The van der Waals surface area contributed by atoms with E-state index in [4.69, 9.17) is 4.74 Å². The second kappa shape index (κ2) is 10.9. The van der Waals surface area contributed by atoms with E-state index < -0.39 is 0 Å². The van der Waals surface area contributed by atoms with Gasteiger partial charge in [-0.25, -0.2) is 0 Å². The molecule has 0 unspecified atom stereocenters. The molecule has 0 aliphatic carbocycles. The van der Waals surface area contributed by atoms with Gasteiger partial charge in [0.15, 0.2) is 0 Å². The van der Waals surface area contributed by atoms with Gasteiger partial charge in [0.1, 0.15) is 0 Å². The predicted octanol–water partition coefficient (Wildman–Crippen LogP) is -0.306. The number of hydrogen-bond acceptors (Lipinski definition) is 5. The highest BCUT2D eigenvalue weighted by molar-refractivity contribution is 8.00. The van der Waals surface area contributed by atoms with Crippen molar-refractivity contribution in [1.82, 2.24) is 15.5 Å². The van der Waals surface area contributed by atoms with E-state index in [1.165, 1.54) is 11.8 Å². The predicted molar refractivity (Wildman–Crippen MR) is 80.9 cm³/mol. The summed E-state index contributed by atoms with van der Waals surface area (Å²) >= 11 is 1.37.